The maximum absolute atomic E-state index is 11.6. The first kappa shape index (κ1) is 14.6. The molecule has 96 valence electrons. The van der Waals surface area contributed by atoms with Gasteiger partial charge >= 0.3 is 11.8 Å². The Morgan fingerprint density at radius 2 is 2.06 bits per heavy atom. The van der Waals surface area contributed by atoms with Crippen molar-refractivity contribution in [2.24, 2.45) is 5.73 Å². The smallest absolute Gasteiger partial charge is 0.313 e. The largest absolute Gasteiger partial charge is 0.392 e. The van der Waals surface area contributed by atoms with Crippen molar-refractivity contribution >= 4 is 50.6 Å². The first-order valence-electron chi connectivity index (χ1n) is 5.04. The van der Waals surface area contributed by atoms with Crippen molar-refractivity contribution in [1.29, 1.82) is 0 Å². The number of hydrogen-bond donors (Lipinski definition) is 3. The molecule has 7 heteroatoms. The first-order valence-corrected chi connectivity index (χ1v) is 6.24. The average molecular weight is 330 g/mol. The standard InChI is InChI=1S/C11H12BrN3O2S/c1-6-2-3-7(12)8(4-6)15-11(17)10(16)14-5-9(13)18/h2-4H,5H2,1H3,(H2,13,18)(H,14,16)(H,15,17). The van der Waals surface area contributed by atoms with Crippen molar-refractivity contribution in [3.05, 3.63) is 28.2 Å². The zero-order valence-corrected chi connectivity index (χ0v) is 12.0. The minimum Gasteiger partial charge on any atom is -0.392 e. The third-order valence-electron chi connectivity index (χ3n) is 2.00. The monoisotopic (exact) mass is 329 g/mol. The molecule has 0 aliphatic rings. The summed E-state index contributed by atoms with van der Waals surface area (Å²) in [5, 5.41) is 4.80. The molecule has 18 heavy (non-hydrogen) atoms. The van der Waals surface area contributed by atoms with E-state index in [2.05, 4.69) is 38.8 Å². The zero-order chi connectivity index (χ0) is 13.7. The van der Waals surface area contributed by atoms with Crippen LogP contribution in [0.25, 0.3) is 0 Å². The van der Waals surface area contributed by atoms with Crippen molar-refractivity contribution in [3.63, 3.8) is 0 Å². The van der Waals surface area contributed by atoms with E-state index in [1.165, 1.54) is 0 Å². The molecule has 0 saturated carbocycles. The molecule has 0 aromatic heterocycles. The van der Waals surface area contributed by atoms with Crippen molar-refractivity contribution < 1.29 is 9.59 Å². The van der Waals surface area contributed by atoms with E-state index in [0.29, 0.717) is 10.2 Å². The summed E-state index contributed by atoms with van der Waals surface area (Å²) in [5.41, 5.74) is 6.72. The Morgan fingerprint density at radius 1 is 1.39 bits per heavy atom. The van der Waals surface area contributed by atoms with Gasteiger partial charge in [0.15, 0.2) is 0 Å². The number of carbonyl (C=O) groups excluding carboxylic acids is 2. The highest BCUT2D eigenvalue weighted by Crippen LogP contribution is 2.23. The number of aryl methyl sites for hydroxylation is 1. The van der Waals surface area contributed by atoms with Crippen molar-refractivity contribution in [1.82, 2.24) is 5.32 Å². The predicted octanol–water partition coefficient (Wildman–Crippen LogP) is 1.10. The summed E-state index contributed by atoms with van der Waals surface area (Å²) in [5.74, 6) is -1.55. The molecule has 0 fully saturated rings. The summed E-state index contributed by atoms with van der Waals surface area (Å²) in [7, 11) is 0. The Hall–Kier alpha value is -1.47. The maximum atomic E-state index is 11.6. The molecule has 0 spiro atoms. The van der Waals surface area contributed by atoms with Crippen LogP contribution in [-0.2, 0) is 9.59 Å². The molecule has 5 nitrogen and oxygen atoms in total. The summed E-state index contributed by atoms with van der Waals surface area (Å²) in [6.07, 6.45) is 0. The van der Waals surface area contributed by atoms with E-state index >= 15 is 0 Å². The fourth-order valence-electron chi connectivity index (χ4n) is 1.16. The second-order valence-electron chi connectivity index (χ2n) is 3.59. The van der Waals surface area contributed by atoms with Crippen LogP contribution in [0.4, 0.5) is 5.69 Å². The second-order valence-corrected chi connectivity index (χ2v) is 4.97. The molecule has 1 aromatic carbocycles. The number of halogens is 1. The second kappa shape index (κ2) is 6.46. The molecule has 0 saturated heterocycles. The number of rotatable bonds is 3. The molecule has 0 bridgehead atoms. The predicted molar refractivity (Wildman–Crippen MR) is 77.3 cm³/mol. The third kappa shape index (κ3) is 4.42. The van der Waals surface area contributed by atoms with E-state index in [0.717, 1.165) is 5.56 Å². The molecule has 1 aromatic rings. The van der Waals surface area contributed by atoms with Gasteiger partial charge in [0, 0.05) is 4.47 Å². The lowest BCUT2D eigenvalue weighted by Gasteiger charge is -2.08. The van der Waals surface area contributed by atoms with Gasteiger partial charge in [-0.05, 0) is 40.5 Å². The van der Waals surface area contributed by atoms with Crippen molar-refractivity contribution in [3.8, 4) is 0 Å². The highest BCUT2D eigenvalue weighted by atomic mass is 79.9. The molecule has 0 heterocycles. The van der Waals surface area contributed by atoms with E-state index < -0.39 is 11.8 Å². The fraction of sp³-hybridized carbons (Fsp3) is 0.182. The van der Waals surface area contributed by atoms with Gasteiger partial charge in [0.25, 0.3) is 0 Å². The number of carbonyl (C=O) groups is 2. The van der Waals surface area contributed by atoms with E-state index in [1.807, 2.05) is 13.0 Å². The Balaban J connectivity index is 2.66. The van der Waals surface area contributed by atoms with Crippen molar-refractivity contribution in [2.45, 2.75) is 6.92 Å². The molecule has 2 amide bonds. The van der Waals surface area contributed by atoms with Gasteiger partial charge in [-0.15, -0.1) is 0 Å². The van der Waals surface area contributed by atoms with Gasteiger partial charge in [-0.25, -0.2) is 0 Å². The number of nitrogens with two attached hydrogens (primary N) is 1. The lowest BCUT2D eigenvalue weighted by Crippen LogP contribution is -2.39. The van der Waals surface area contributed by atoms with Crippen LogP contribution < -0.4 is 16.4 Å². The molecular weight excluding hydrogens is 318 g/mol. The fourth-order valence-corrected chi connectivity index (χ4v) is 1.58. The van der Waals surface area contributed by atoms with Crippen LogP contribution in [0.5, 0.6) is 0 Å². The van der Waals surface area contributed by atoms with Gasteiger partial charge in [0.05, 0.1) is 17.2 Å². The summed E-state index contributed by atoms with van der Waals surface area (Å²) in [6.45, 7) is 1.88. The molecule has 0 unspecified atom stereocenters. The first-order chi connectivity index (χ1) is 8.40. The number of anilines is 1. The number of amides is 2. The maximum Gasteiger partial charge on any atom is 0.313 e. The van der Waals surface area contributed by atoms with Crippen LogP contribution in [0.2, 0.25) is 0 Å². The van der Waals surface area contributed by atoms with Crippen LogP contribution in [0, 0.1) is 6.92 Å². The van der Waals surface area contributed by atoms with Crippen LogP contribution in [0.1, 0.15) is 5.56 Å². The lowest BCUT2D eigenvalue weighted by molar-refractivity contribution is -0.135. The number of thiocarbonyl (C=S) groups is 1. The number of hydrogen-bond acceptors (Lipinski definition) is 3. The van der Waals surface area contributed by atoms with Gasteiger partial charge in [0.2, 0.25) is 0 Å². The zero-order valence-electron chi connectivity index (χ0n) is 9.62. The normalized spacial score (nSPS) is 9.67. The molecule has 0 aliphatic carbocycles. The number of benzene rings is 1. The lowest BCUT2D eigenvalue weighted by atomic mass is 10.2. The SMILES string of the molecule is Cc1ccc(Br)c(NC(=O)C(=O)NCC(N)=S)c1. The van der Waals surface area contributed by atoms with Gasteiger partial charge in [-0.1, -0.05) is 18.3 Å². The molecule has 0 atom stereocenters. The summed E-state index contributed by atoms with van der Waals surface area (Å²) in [6, 6.07) is 5.42. The summed E-state index contributed by atoms with van der Waals surface area (Å²) < 4.78 is 0.698. The highest BCUT2D eigenvalue weighted by molar-refractivity contribution is 9.10. The molecule has 1 rings (SSSR count). The average Bonchev–Trinajstić information content (AvgIpc) is 2.30. The van der Waals surface area contributed by atoms with Gasteiger partial charge in [0.1, 0.15) is 0 Å². The Kier molecular flexibility index (Phi) is 5.24. The Morgan fingerprint density at radius 3 is 2.67 bits per heavy atom. The van der Waals surface area contributed by atoms with Gasteiger partial charge in [-0.2, -0.15) is 0 Å². The van der Waals surface area contributed by atoms with E-state index in [1.54, 1.807) is 12.1 Å². The van der Waals surface area contributed by atoms with Crippen LogP contribution in [0.15, 0.2) is 22.7 Å². The molecule has 0 radical (unpaired) electrons. The van der Waals surface area contributed by atoms with Crippen LogP contribution in [0.3, 0.4) is 0 Å². The van der Waals surface area contributed by atoms with E-state index in [9.17, 15) is 9.59 Å². The highest BCUT2D eigenvalue weighted by Gasteiger charge is 2.14. The summed E-state index contributed by atoms with van der Waals surface area (Å²) in [4.78, 5) is 23.1. The topological polar surface area (TPSA) is 84.2 Å². The third-order valence-corrected chi connectivity index (χ3v) is 2.84. The number of nitrogens with one attached hydrogen (secondary N) is 2. The molecule has 4 N–H and O–H groups in total. The Bertz CT molecular complexity index is 505. The van der Waals surface area contributed by atoms with Gasteiger partial charge in [-0.3, -0.25) is 9.59 Å². The summed E-state index contributed by atoms with van der Waals surface area (Å²) >= 11 is 7.87. The minimum absolute atomic E-state index is 0.00340. The molecular formula is C11H12BrN3O2S. The van der Waals surface area contributed by atoms with E-state index in [-0.39, 0.29) is 11.5 Å². The molecule has 0 aliphatic heterocycles. The van der Waals surface area contributed by atoms with E-state index in [4.69, 9.17) is 5.73 Å². The van der Waals surface area contributed by atoms with Gasteiger partial charge < -0.3 is 16.4 Å². The minimum atomic E-state index is -0.781. The van der Waals surface area contributed by atoms with Crippen molar-refractivity contribution in [2.75, 3.05) is 11.9 Å². The Labute approximate surface area is 118 Å². The van der Waals surface area contributed by atoms with Crippen LogP contribution >= 0.6 is 28.1 Å². The van der Waals surface area contributed by atoms with Crippen LogP contribution in [-0.4, -0.2) is 23.3 Å². The quantitative estimate of drug-likeness (QED) is 0.572.